The van der Waals surface area contributed by atoms with E-state index >= 15 is 0 Å². The SMILES string of the molecule is CC(C)CN(C(=O)c1ccc2c(c1)S(=O)(=O)N(C(C)C)C2=O)C1CC1. The number of rotatable bonds is 5. The lowest BCUT2D eigenvalue weighted by Crippen LogP contribution is -2.36. The van der Waals surface area contributed by atoms with E-state index in [0.717, 1.165) is 17.1 Å². The molecule has 0 bridgehead atoms. The fourth-order valence-corrected chi connectivity index (χ4v) is 5.03. The zero-order valence-corrected chi connectivity index (χ0v) is 15.8. The van der Waals surface area contributed by atoms with Gasteiger partial charge in [0.05, 0.1) is 5.56 Å². The predicted molar refractivity (Wildman–Crippen MR) is 93.8 cm³/mol. The smallest absolute Gasteiger partial charge is 0.269 e. The van der Waals surface area contributed by atoms with Crippen LogP contribution < -0.4 is 0 Å². The van der Waals surface area contributed by atoms with Crippen LogP contribution in [0.4, 0.5) is 0 Å². The molecule has 0 radical (unpaired) electrons. The van der Waals surface area contributed by atoms with Gasteiger partial charge in [-0.25, -0.2) is 12.7 Å². The van der Waals surface area contributed by atoms with Gasteiger partial charge in [-0.3, -0.25) is 9.59 Å². The number of hydrogen-bond acceptors (Lipinski definition) is 4. The van der Waals surface area contributed by atoms with Crippen molar-refractivity contribution < 1.29 is 18.0 Å². The maximum Gasteiger partial charge on any atom is 0.269 e. The Morgan fingerprint density at radius 3 is 2.40 bits per heavy atom. The van der Waals surface area contributed by atoms with E-state index in [2.05, 4.69) is 13.8 Å². The molecule has 2 aliphatic rings. The maximum atomic E-state index is 12.9. The summed E-state index contributed by atoms with van der Waals surface area (Å²) >= 11 is 0. The van der Waals surface area contributed by atoms with Crippen molar-refractivity contribution in [1.82, 2.24) is 9.21 Å². The Bertz CT molecular complexity index is 825. The lowest BCUT2D eigenvalue weighted by Gasteiger charge is -2.24. The topological polar surface area (TPSA) is 74.8 Å². The van der Waals surface area contributed by atoms with Crippen molar-refractivity contribution in [3.8, 4) is 0 Å². The lowest BCUT2D eigenvalue weighted by molar-refractivity contribution is 0.0721. The molecular formula is C18H24N2O4S. The molecule has 1 aliphatic carbocycles. The highest BCUT2D eigenvalue weighted by molar-refractivity contribution is 7.90. The first-order valence-electron chi connectivity index (χ1n) is 8.68. The first kappa shape index (κ1) is 17.9. The Morgan fingerprint density at radius 2 is 1.88 bits per heavy atom. The average Bonchev–Trinajstić information content (AvgIpc) is 3.32. The molecule has 0 spiro atoms. The van der Waals surface area contributed by atoms with Gasteiger partial charge in [-0.15, -0.1) is 0 Å². The Hall–Kier alpha value is -1.89. The zero-order chi connectivity index (χ0) is 18.5. The van der Waals surface area contributed by atoms with Crippen molar-refractivity contribution in [2.24, 2.45) is 5.92 Å². The highest BCUT2D eigenvalue weighted by Gasteiger charge is 2.43. The monoisotopic (exact) mass is 364 g/mol. The fourth-order valence-electron chi connectivity index (χ4n) is 3.23. The number of benzene rings is 1. The van der Waals surface area contributed by atoms with Crippen LogP contribution in [0.3, 0.4) is 0 Å². The first-order valence-corrected chi connectivity index (χ1v) is 10.1. The minimum absolute atomic E-state index is 0.0580. The highest BCUT2D eigenvalue weighted by atomic mass is 32.2. The normalized spacial score (nSPS) is 18.8. The van der Waals surface area contributed by atoms with Crippen LogP contribution in [0.25, 0.3) is 0 Å². The Balaban J connectivity index is 1.99. The second-order valence-electron chi connectivity index (χ2n) is 7.49. The Labute approximate surface area is 148 Å². The van der Waals surface area contributed by atoms with E-state index in [1.54, 1.807) is 19.9 Å². The summed E-state index contributed by atoms with van der Waals surface area (Å²) in [5, 5.41) is 0. The molecule has 7 heteroatoms. The van der Waals surface area contributed by atoms with Crippen LogP contribution in [0.1, 0.15) is 61.3 Å². The third kappa shape index (κ3) is 3.05. The average molecular weight is 364 g/mol. The van der Waals surface area contributed by atoms with E-state index in [0.29, 0.717) is 18.0 Å². The highest BCUT2D eigenvalue weighted by Crippen LogP contribution is 2.34. The van der Waals surface area contributed by atoms with Crippen LogP contribution in [-0.4, -0.2) is 48.1 Å². The maximum absolute atomic E-state index is 12.9. The van der Waals surface area contributed by atoms with E-state index < -0.39 is 22.0 Å². The molecule has 1 heterocycles. The molecule has 3 rings (SSSR count). The molecule has 0 aromatic heterocycles. The van der Waals surface area contributed by atoms with Gasteiger partial charge in [0.25, 0.3) is 21.8 Å². The van der Waals surface area contributed by atoms with E-state index in [-0.39, 0.29) is 22.4 Å². The van der Waals surface area contributed by atoms with E-state index in [1.807, 2.05) is 4.90 Å². The summed E-state index contributed by atoms with van der Waals surface area (Å²) in [4.78, 5) is 27.1. The third-order valence-corrected chi connectivity index (χ3v) is 6.47. The standard InChI is InChI=1S/C18H24N2O4S/c1-11(2)10-19(14-6-7-14)17(21)13-5-8-15-16(9-13)25(23,24)20(12(3)4)18(15)22/h5,8-9,11-12,14H,6-7,10H2,1-4H3. The van der Waals surface area contributed by atoms with Gasteiger partial charge in [0.1, 0.15) is 4.90 Å². The molecule has 1 aromatic carbocycles. The summed E-state index contributed by atoms with van der Waals surface area (Å²) in [6.07, 6.45) is 1.97. The second-order valence-corrected chi connectivity index (χ2v) is 9.28. The fraction of sp³-hybridized carbons (Fsp3) is 0.556. The number of nitrogens with zero attached hydrogens (tertiary/aromatic N) is 2. The minimum atomic E-state index is -3.89. The summed E-state index contributed by atoms with van der Waals surface area (Å²) in [5.74, 6) is -0.351. The molecule has 0 N–H and O–H groups in total. The van der Waals surface area contributed by atoms with Crippen LogP contribution in [0, 0.1) is 5.92 Å². The molecule has 1 fully saturated rings. The molecule has 0 unspecified atom stereocenters. The minimum Gasteiger partial charge on any atom is -0.335 e. The summed E-state index contributed by atoms with van der Waals surface area (Å²) in [6.45, 7) is 8.06. The van der Waals surface area contributed by atoms with Crippen molar-refractivity contribution in [3.63, 3.8) is 0 Å². The van der Waals surface area contributed by atoms with Crippen molar-refractivity contribution in [3.05, 3.63) is 29.3 Å². The van der Waals surface area contributed by atoms with E-state index in [1.165, 1.54) is 12.1 Å². The van der Waals surface area contributed by atoms with Gasteiger partial charge < -0.3 is 4.90 Å². The van der Waals surface area contributed by atoms with Crippen LogP contribution >= 0.6 is 0 Å². The van der Waals surface area contributed by atoms with Gasteiger partial charge >= 0.3 is 0 Å². The largest absolute Gasteiger partial charge is 0.335 e. The summed E-state index contributed by atoms with van der Waals surface area (Å²) in [7, 11) is -3.89. The molecule has 25 heavy (non-hydrogen) atoms. The van der Waals surface area contributed by atoms with E-state index in [9.17, 15) is 18.0 Å². The molecule has 1 saturated carbocycles. The molecule has 2 amide bonds. The quantitative estimate of drug-likeness (QED) is 0.804. The first-order chi connectivity index (χ1) is 11.6. The lowest BCUT2D eigenvalue weighted by atomic mass is 10.1. The number of carbonyl (C=O) groups is 2. The predicted octanol–water partition coefficient (Wildman–Crippen LogP) is 2.50. The summed E-state index contributed by atoms with van der Waals surface area (Å²) < 4.78 is 26.3. The van der Waals surface area contributed by atoms with E-state index in [4.69, 9.17) is 0 Å². The van der Waals surface area contributed by atoms with Gasteiger partial charge in [-0.2, -0.15) is 0 Å². The number of carbonyl (C=O) groups excluding carboxylic acids is 2. The second kappa shape index (κ2) is 6.12. The zero-order valence-electron chi connectivity index (χ0n) is 15.0. The molecule has 6 nitrogen and oxygen atoms in total. The van der Waals surface area contributed by atoms with Crippen LogP contribution in [0.5, 0.6) is 0 Å². The molecule has 0 atom stereocenters. The molecular weight excluding hydrogens is 340 g/mol. The van der Waals surface area contributed by atoms with Crippen LogP contribution in [0.2, 0.25) is 0 Å². The van der Waals surface area contributed by atoms with Crippen LogP contribution in [0.15, 0.2) is 23.1 Å². The van der Waals surface area contributed by atoms with Crippen molar-refractivity contribution >= 4 is 21.8 Å². The number of amides is 2. The Kier molecular flexibility index (Phi) is 4.39. The molecule has 1 aliphatic heterocycles. The molecule has 1 aromatic rings. The van der Waals surface area contributed by atoms with Gasteiger partial charge in [-0.05, 0) is 50.8 Å². The van der Waals surface area contributed by atoms with Gasteiger partial charge in [0.2, 0.25) is 0 Å². The molecule has 136 valence electrons. The third-order valence-electron chi connectivity index (χ3n) is 4.48. The summed E-state index contributed by atoms with van der Waals surface area (Å²) in [5.41, 5.74) is 0.473. The van der Waals surface area contributed by atoms with Gasteiger partial charge in [-0.1, -0.05) is 13.8 Å². The number of hydrogen-bond donors (Lipinski definition) is 0. The van der Waals surface area contributed by atoms with Gasteiger partial charge in [0.15, 0.2) is 0 Å². The van der Waals surface area contributed by atoms with Crippen molar-refractivity contribution in [2.45, 2.75) is 57.5 Å². The van der Waals surface area contributed by atoms with Crippen molar-refractivity contribution in [1.29, 1.82) is 0 Å². The van der Waals surface area contributed by atoms with Gasteiger partial charge in [0, 0.05) is 24.2 Å². The number of sulfonamides is 1. The summed E-state index contributed by atoms with van der Waals surface area (Å²) in [6, 6.07) is 4.17. The van der Waals surface area contributed by atoms with Crippen molar-refractivity contribution in [2.75, 3.05) is 6.54 Å². The Morgan fingerprint density at radius 1 is 1.24 bits per heavy atom. The molecule has 0 saturated heterocycles. The number of fused-ring (bicyclic) bond motifs is 1. The van der Waals surface area contributed by atoms with Crippen LogP contribution in [-0.2, 0) is 10.0 Å².